The Kier molecular flexibility index (Phi) is 3.13. The van der Waals surface area contributed by atoms with Gasteiger partial charge >= 0.3 is 0 Å². The Labute approximate surface area is 80.3 Å². The number of hydrogen-bond acceptors (Lipinski definition) is 1. The molecule has 1 nitrogen and oxygen atoms in total. The maximum Gasteiger partial charge on any atom is -0.00209 e. The fraction of sp³-hybridized carbons (Fsp3) is 0.333. The standard InChI is InChI=1S/C12H17N/c1-9(2)12(8-13)11-7-5-4-6-10(11)3/h4-9H,13H2,1-3H3/b12-8-. The van der Waals surface area contributed by atoms with Crippen LogP contribution in [0.2, 0.25) is 0 Å². The Bertz CT molecular complexity index is 311. The summed E-state index contributed by atoms with van der Waals surface area (Å²) in [7, 11) is 0. The molecule has 0 saturated carbocycles. The highest BCUT2D eigenvalue weighted by atomic mass is 14.5. The third kappa shape index (κ3) is 2.11. The van der Waals surface area contributed by atoms with Gasteiger partial charge in [-0.3, -0.25) is 0 Å². The van der Waals surface area contributed by atoms with Gasteiger partial charge in [0.2, 0.25) is 0 Å². The first kappa shape index (κ1) is 9.85. The predicted octanol–water partition coefficient (Wildman–Crippen LogP) is 2.95. The summed E-state index contributed by atoms with van der Waals surface area (Å²) in [4.78, 5) is 0. The van der Waals surface area contributed by atoms with Gasteiger partial charge < -0.3 is 5.73 Å². The van der Waals surface area contributed by atoms with E-state index < -0.39 is 0 Å². The van der Waals surface area contributed by atoms with E-state index in [2.05, 4.69) is 32.9 Å². The molecule has 0 aliphatic rings. The van der Waals surface area contributed by atoms with E-state index in [1.807, 2.05) is 12.1 Å². The summed E-state index contributed by atoms with van der Waals surface area (Å²) in [5, 5.41) is 0. The Morgan fingerprint density at radius 2 is 1.92 bits per heavy atom. The van der Waals surface area contributed by atoms with E-state index in [1.165, 1.54) is 16.7 Å². The molecule has 2 N–H and O–H groups in total. The highest BCUT2D eigenvalue weighted by Gasteiger charge is 2.07. The molecule has 0 saturated heterocycles. The first-order valence-electron chi connectivity index (χ1n) is 4.64. The lowest BCUT2D eigenvalue weighted by Gasteiger charge is -2.13. The number of hydrogen-bond donors (Lipinski definition) is 1. The van der Waals surface area contributed by atoms with Crippen molar-refractivity contribution in [3.8, 4) is 0 Å². The van der Waals surface area contributed by atoms with Gasteiger partial charge in [0.1, 0.15) is 0 Å². The molecule has 0 aliphatic heterocycles. The van der Waals surface area contributed by atoms with E-state index in [9.17, 15) is 0 Å². The summed E-state index contributed by atoms with van der Waals surface area (Å²) in [6, 6.07) is 8.33. The highest BCUT2D eigenvalue weighted by molar-refractivity contribution is 5.68. The smallest absolute Gasteiger partial charge is 0.00209 e. The Morgan fingerprint density at radius 1 is 1.31 bits per heavy atom. The molecule has 0 unspecified atom stereocenters. The Hall–Kier alpha value is -1.24. The summed E-state index contributed by atoms with van der Waals surface area (Å²) in [5.41, 5.74) is 9.38. The zero-order valence-electron chi connectivity index (χ0n) is 8.54. The van der Waals surface area contributed by atoms with Crippen LogP contribution < -0.4 is 5.73 Å². The van der Waals surface area contributed by atoms with Crippen molar-refractivity contribution in [2.24, 2.45) is 11.7 Å². The minimum absolute atomic E-state index is 0.478. The van der Waals surface area contributed by atoms with Crippen molar-refractivity contribution in [2.75, 3.05) is 0 Å². The molecule has 0 aliphatic carbocycles. The maximum atomic E-state index is 5.61. The van der Waals surface area contributed by atoms with Crippen LogP contribution in [-0.2, 0) is 0 Å². The lowest BCUT2D eigenvalue weighted by atomic mass is 9.93. The molecule has 13 heavy (non-hydrogen) atoms. The summed E-state index contributed by atoms with van der Waals surface area (Å²) in [6.07, 6.45) is 1.72. The van der Waals surface area contributed by atoms with Gasteiger partial charge in [-0.15, -0.1) is 0 Å². The molecule has 0 heterocycles. The fourth-order valence-electron chi connectivity index (χ4n) is 1.49. The van der Waals surface area contributed by atoms with E-state index in [0.717, 1.165) is 0 Å². The molecule has 1 rings (SSSR count). The molecule has 0 atom stereocenters. The van der Waals surface area contributed by atoms with Crippen LogP contribution in [0.5, 0.6) is 0 Å². The summed E-state index contributed by atoms with van der Waals surface area (Å²) < 4.78 is 0. The lowest BCUT2D eigenvalue weighted by Crippen LogP contribution is -1.99. The average molecular weight is 175 g/mol. The van der Waals surface area contributed by atoms with Gasteiger partial charge in [-0.2, -0.15) is 0 Å². The fourth-order valence-corrected chi connectivity index (χ4v) is 1.49. The van der Waals surface area contributed by atoms with Gasteiger partial charge in [0.05, 0.1) is 0 Å². The second-order valence-electron chi connectivity index (χ2n) is 3.59. The Morgan fingerprint density at radius 3 is 2.38 bits per heavy atom. The topological polar surface area (TPSA) is 26.0 Å². The van der Waals surface area contributed by atoms with Gasteiger partial charge in [0, 0.05) is 0 Å². The number of allylic oxidation sites excluding steroid dienone is 1. The minimum atomic E-state index is 0.478. The summed E-state index contributed by atoms with van der Waals surface area (Å²) in [5.74, 6) is 0.478. The zero-order chi connectivity index (χ0) is 9.84. The molecule has 1 aromatic rings. The molecular formula is C12H17N. The molecule has 0 amide bonds. The van der Waals surface area contributed by atoms with Crippen molar-refractivity contribution in [2.45, 2.75) is 20.8 Å². The van der Waals surface area contributed by atoms with Crippen LogP contribution in [0.3, 0.4) is 0 Å². The molecule has 0 spiro atoms. The van der Waals surface area contributed by atoms with Crippen molar-refractivity contribution in [1.29, 1.82) is 0 Å². The van der Waals surface area contributed by atoms with Crippen LogP contribution in [0.1, 0.15) is 25.0 Å². The molecule has 0 radical (unpaired) electrons. The van der Waals surface area contributed by atoms with E-state index in [0.29, 0.717) is 5.92 Å². The third-order valence-corrected chi connectivity index (χ3v) is 2.26. The number of rotatable bonds is 2. The molecule has 1 heteroatoms. The minimum Gasteiger partial charge on any atom is -0.404 e. The van der Waals surface area contributed by atoms with Crippen LogP contribution in [0.25, 0.3) is 5.57 Å². The quantitative estimate of drug-likeness (QED) is 0.734. The van der Waals surface area contributed by atoms with Gasteiger partial charge in [-0.05, 0) is 35.7 Å². The zero-order valence-corrected chi connectivity index (χ0v) is 8.54. The van der Waals surface area contributed by atoms with Crippen LogP contribution in [0, 0.1) is 12.8 Å². The monoisotopic (exact) mass is 175 g/mol. The highest BCUT2D eigenvalue weighted by Crippen LogP contribution is 2.24. The van der Waals surface area contributed by atoms with Gasteiger partial charge in [0.15, 0.2) is 0 Å². The second kappa shape index (κ2) is 4.13. The largest absolute Gasteiger partial charge is 0.404 e. The number of aryl methyl sites for hydroxylation is 1. The predicted molar refractivity (Wildman–Crippen MR) is 58.2 cm³/mol. The number of nitrogens with two attached hydrogens (primary N) is 1. The molecule has 0 fully saturated rings. The van der Waals surface area contributed by atoms with Crippen molar-refractivity contribution in [3.63, 3.8) is 0 Å². The number of benzene rings is 1. The first-order chi connectivity index (χ1) is 6.16. The Balaban J connectivity index is 3.13. The summed E-state index contributed by atoms with van der Waals surface area (Å²) in [6.45, 7) is 6.43. The van der Waals surface area contributed by atoms with Crippen molar-refractivity contribution < 1.29 is 0 Å². The average Bonchev–Trinajstić information content (AvgIpc) is 2.09. The molecule has 1 aromatic carbocycles. The summed E-state index contributed by atoms with van der Waals surface area (Å²) >= 11 is 0. The van der Waals surface area contributed by atoms with Crippen molar-refractivity contribution in [3.05, 3.63) is 41.6 Å². The van der Waals surface area contributed by atoms with Crippen LogP contribution in [-0.4, -0.2) is 0 Å². The van der Waals surface area contributed by atoms with Gasteiger partial charge in [-0.25, -0.2) is 0 Å². The van der Waals surface area contributed by atoms with Crippen molar-refractivity contribution in [1.82, 2.24) is 0 Å². The normalized spacial score (nSPS) is 12.2. The van der Waals surface area contributed by atoms with Gasteiger partial charge in [-0.1, -0.05) is 38.1 Å². The van der Waals surface area contributed by atoms with Crippen LogP contribution in [0.4, 0.5) is 0 Å². The second-order valence-corrected chi connectivity index (χ2v) is 3.59. The van der Waals surface area contributed by atoms with E-state index in [-0.39, 0.29) is 0 Å². The van der Waals surface area contributed by atoms with E-state index in [1.54, 1.807) is 6.20 Å². The molecular weight excluding hydrogens is 158 g/mol. The van der Waals surface area contributed by atoms with Crippen LogP contribution in [0.15, 0.2) is 30.5 Å². The molecule has 0 aromatic heterocycles. The first-order valence-corrected chi connectivity index (χ1v) is 4.64. The van der Waals surface area contributed by atoms with Crippen molar-refractivity contribution >= 4 is 5.57 Å². The molecule has 0 bridgehead atoms. The van der Waals surface area contributed by atoms with E-state index in [4.69, 9.17) is 5.73 Å². The van der Waals surface area contributed by atoms with Crippen LogP contribution >= 0.6 is 0 Å². The third-order valence-electron chi connectivity index (χ3n) is 2.26. The van der Waals surface area contributed by atoms with E-state index >= 15 is 0 Å². The maximum absolute atomic E-state index is 5.61. The molecule has 70 valence electrons. The lowest BCUT2D eigenvalue weighted by molar-refractivity contribution is 0.851. The SMILES string of the molecule is Cc1ccccc1/C(=C\N)C(C)C. The van der Waals surface area contributed by atoms with Gasteiger partial charge in [0.25, 0.3) is 0 Å².